The third-order valence-corrected chi connectivity index (χ3v) is 9.26. The Hall–Kier alpha value is -4.42. The summed E-state index contributed by atoms with van der Waals surface area (Å²) in [7, 11) is 1.41. The van der Waals surface area contributed by atoms with Gasteiger partial charge in [-0.3, -0.25) is 14.6 Å². The number of rotatable bonds is 11. The standard InChI is InChI=1S/C34H41FN6O5/c1-6-21(13-24-10-7-19(2)40(24)33(45)34(4,17-42)18-43)30-29(20(3)44)31(36)41-32(39-30)25(16-38-41)23-8-11-27(37-15-23)22-9-12-28(46-5)26(35)14-22/h8-9,11-12,14-16,19,21,24,42-43H,6-7,10,13,17-18,36H2,1-5H3. The van der Waals surface area contributed by atoms with Gasteiger partial charge < -0.3 is 25.6 Å². The van der Waals surface area contributed by atoms with Crippen LogP contribution in [-0.4, -0.2) is 78.8 Å². The van der Waals surface area contributed by atoms with Crippen LogP contribution in [0.3, 0.4) is 0 Å². The second kappa shape index (κ2) is 13.1. The molecule has 3 unspecified atom stereocenters. The van der Waals surface area contributed by atoms with Gasteiger partial charge in [0.2, 0.25) is 5.91 Å². The van der Waals surface area contributed by atoms with Gasteiger partial charge in [0.05, 0.1) is 48.9 Å². The lowest BCUT2D eigenvalue weighted by Crippen LogP contribution is -2.51. The molecule has 12 heteroatoms. The molecule has 1 aliphatic rings. The Morgan fingerprint density at radius 1 is 1.15 bits per heavy atom. The molecule has 1 saturated heterocycles. The van der Waals surface area contributed by atoms with Crippen LogP contribution in [0, 0.1) is 11.2 Å². The molecule has 0 radical (unpaired) electrons. The highest BCUT2D eigenvalue weighted by molar-refractivity contribution is 6.00. The van der Waals surface area contributed by atoms with Gasteiger partial charge in [-0.15, -0.1) is 0 Å². The first-order valence-electron chi connectivity index (χ1n) is 15.5. The number of nitrogen functional groups attached to an aromatic ring is 1. The number of fused-ring (bicyclic) bond motifs is 1. The smallest absolute Gasteiger partial charge is 0.233 e. The summed E-state index contributed by atoms with van der Waals surface area (Å²) in [5.74, 6) is -0.907. The monoisotopic (exact) mass is 632 g/mol. The highest BCUT2D eigenvalue weighted by Crippen LogP contribution is 2.39. The van der Waals surface area contributed by atoms with E-state index in [0.29, 0.717) is 52.1 Å². The number of hydrogen-bond donors (Lipinski definition) is 3. The van der Waals surface area contributed by atoms with E-state index in [0.717, 1.165) is 12.8 Å². The largest absolute Gasteiger partial charge is 0.494 e. The number of nitrogens with two attached hydrogens (primary N) is 1. The Morgan fingerprint density at radius 3 is 2.46 bits per heavy atom. The number of aliphatic hydroxyl groups excluding tert-OH is 2. The molecule has 46 heavy (non-hydrogen) atoms. The minimum atomic E-state index is -1.29. The molecule has 1 amide bonds. The van der Waals surface area contributed by atoms with Crippen LogP contribution in [0.1, 0.15) is 75.3 Å². The van der Waals surface area contributed by atoms with Crippen LogP contribution in [0.25, 0.3) is 28.0 Å². The molecule has 244 valence electrons. The summed E-state index contributed by atoms with van der Waals surface area (Å²) in [5.41, 5.74) is 9.14. The zero-order chi connectivity index (χ0) is 33.3. The molecular weight excluding hydrogens is 591 g/mol. The Morgan fingerprint density at radius 2 is 1.87 bits per heavy atom. The maximum Gasteiger partial charge on any atom is 0.233 e. The van der Waals surface area contributed by atoms with Crippen LogP contribution in [0.15, 0.2) is 42.7 Å². The highest BCUT2D eigenvalue weighted by Gasteiger charge is 2.44. The third kappa shape index (κ3) is 5.82. The van der Waals surface area contributed by atoms with Gasteiger partial charge in [-0.1, -0.05) is 13.0 Å². The Labute approximate surface area is 267 Å². The van der Waals surface area contributed by atoms with Gasteiger partial charge >= 0.3 is 0 Å². The van der Waals surface area contributed by atoms with Crippen LogP contribution in [0.5, 0.6) is 5.75 Å². The number of carbonyl (C=O) groups is 2. The maximum atomic E-state index is 14.3. The van der Waals surface area contributed by atoms with Crippen molar-refractivity contribution < 1.29 is 28.9 Å². The van der Waals surface area contributed by atoms with Gasteiger partial charge in [-0.05, 0) is 70.7 Å². The second-order valence-corrected chi connectivity index (χ2v) is 12.4. The zero-order valence-electron chi connectivity index (χ0n) is 26.8. The molecule has 3 atom stereocenters. The fraction of sp³-hybridized carbons (Fsp3) is 0.441. The van der Waals surface area contributed by atoms with E-state index in [1.165, 1.54) is 24.6 Å². The summed E-state index contributed by atoms with van der Waals surface area (Å²) in [6.07, 6.45) is 5.97. The summed E-state index contributed by atoms with van der Waals surface area (Å²) in [5, 5.41) is 24.3. The number of halogens is 1. The number of carbonyl (C=O) groups excluding carboxylic acids is 2. The average Bonchev–Trinajstić information content (AvgIpc) is 3.65. The van der Waals surface area contributed by atoms with Gasteiger partial charge in [-0.2, -0.15) is 9.61 Å². The van der Waals surface area contributed by atoms with Crippen molar-refractivity contribution >= 4 is 23.2 Å². The fourth-order valence-corrected chi connectivity index (χ4v) is 6.41. The molecule has 1 aromatic carbocycles. The van der Waals surface area contributed by atoms with Crippen LogP contribution in [0.2, 0.25) is 0 Å². The molecule has 4 aromatic rings. The zero-order valence-corrected chi connectivity index (χ0v) is 26.8. The summed E-state index contributed by atoms with van der Waals surface area (Å²) in [4.78, 5) is 37.9. The van der Waals surface area contributed by atoms with E-state index in [1.54, 1.807) is 42.4 Å². The van der Waals surface area contributed by atoms with E-state index >= 15 is 0 Å². The number of benzene rings is 1. The topological polar surface area (TPSA) is 156 Å². The van der Waals surface area contributed by atoms with Crippen molar-refractivity contribution in [1.82, 2.24) is 24.5 Å². The molecule has 3 aromatic heterocycles. The predicted molar refractivity (Wildman–Crippen MR) is 172 cm³/mol. The van der Waals surface area contributed by atoms with Crippen LogP contribution < -0.4 is 10.5 Å². The van der Waals surface area contributed by atoms with Gasteiger partial charge in [0, 0.05) is 40.9 Å². The van der Waals surface area contributed by atoms with E-state index in [9.17, 15) is 24.2 Å². The van der Waals surface area contributed by atoms with Crippen molar-refractivity contribution in [2.45, 2.75) is 71.4 Å². The first-order valence-corrected chi connectivity index (χ1v) is 15.5. The molecule has 0 bridgehead atoms. The molecule has 4 heterocycles. The molecule has 0 aliphatic carbocycles. The Kier molecular flexibility index (Phi) is 9.41. The summed E-state index contributed by atoms with van der Waals surface area (Å²) in [6.45, 7) is 6.07. The van der Waals surface area contributed by atoms with Crippen molar-refractivity contribution in [3.63, 3.8) is 0 Å². The predicted octanol–water partition coefficient (Wildman–Crippen LogP) is 4.64. The number of pyridine rings is 1. The first-order chi connectivity index (χ1) is 22.0. The quantitative estimate of drug-likeness (QED) is 0.200. The molecule has 4 N–H and O–H groups in total. The second-order valence-electron chi connectivity index (χ2n) is 12.4. The molecule has 0 spiro atoms. The number of anilines is 1. The molecule has 5 rings (SSSR count). The van der Waals surface area contributed by atoms with E-state index in [4.69, 9.17) is 15.5 Å². The van der Waals surface area contributed by atoms with Gasteiger partial charge in [0.25, 0.3) is 0 Å². The number of amides is 1. The number of hydrogen-bond acceptors (Lipinski definition) is 9. The van der Waals surface area contributed by atoms with Crippen molar-refractivity contribution in [3.05, 3.63) is 59.8 Å². The van der Waals surface area contributed by atoms with Crippen molar-refractivity contribution in [3.8, 4) is 28.1 Å². The van der Waals surface area contributed by atoms with Crippen LogP contribution >= 0.6 is 0 Å². The highest BCUT2D eigenvalue weighted by atomic mass is 19.1. The maximum absolute atomic E-state index is 14.3. The van der Waals surface area contributed by atoms with Gasteiger partial charge in [0.1, 0.15) is 5.82 Å². The number of ether oxygens (including phenoxy) is 1. The minimum Gasteiger partial charge on any atom is -0.494 e. The van der Waals surface area contributed by atoms with Crippen molar-refractivity contribution in [1.29, 1.82) is 0 Å². The van der Waals surface area contributed by atoms with Crippen LogP contribution in [0.4, 0.5) is 10.2 Å². The molecule has 1 aliphatic heterocycles. The fourth-order valence-electron chi connectivity index (χ4n) is 6.41. The molecule has 0 saturated carbocycles. The normalized spacial score (nSPS) is 17.4. The summed E-state index contributed by atoms with van der Waals surface area (Å²) >= 11 is 0. The van der Waals surface area contributed by atoms with E-state index in [1.807, 2.05) is 19.9 Å². The lowest BCUT2D eigenvalue weighted by atomic mass is 9.87. The van der Waals surface area contributed by atoms with Crippen molar-refractivity contribution in [2.75, 3.05) is 26.1 Å². The summed E-state index contributed by atoms with van der Waals surface area (Å²) < 4.78 is 20.8. The van der Waals surface area contributed by atoms with E-state index in [2.05, 4.69) is 10.1 Å². The number of aromatic nitrogens is 4. The average molecular weight is 633 g/mol. The SMILES string of the molecule is CCC(CC1CCC(C)N1C(=O)C(C)(CO)CO)c1nc2c(-c3ccc(-c4ccc(OC)c(F)c4)nc3)cnn2c(N)c1C(C)=O. The van der Waals surface area contributed by atoms with Crippen molar-refractivity contribution in [2.24, 2.45) is 5.41 Å². The molecule has 1 fully saturated rings. The molecule has 11 nitrogen and oxygen atoms in total. The third-order valence-electron chi connectivity index (χ3n) is 9.26. The Bertz CT molecular complexity index is 1750. The summed E-state index contributed by atoms with van der Waals surface area (Å²) in [6, 6.07) is 8.04. The number of aliphatic hydroxyl groups is 2. The number of ketones is 1. The Balaban J connectivity index is 1.53. The minimum absolute atomic E-state index is 0.0634. The number of likely N-dealkylation sites (tertiary alicyclic amines) is 1. The number of methoxy groups -OCH3 is 1. The number of Topliss-reactive ketones (excluding diaryl/α,β-unsaturated/α-hetero) is 1. The molecular formula is C34H41FN6O5. The van der Waals surface area contributed by atoms with Crippen LogP contribution in [-0.2, 0) is 4.79 Å². The van der Waals surface area contributed by atoms with Gasteiger partial charge in [0.15, 0.2) is 23.0 Å². The van der Waals surface area contributed by atoms with E-state index in [-0.39, 0.29) is 41.3 Å². The van der Waals surface area contributed by atoms with Gasteiger partial charge in [-0.25, -0.2) is 9.37 Å². The van der Waals surface area contributed by atoms with E-state index < -0.39 is 24.4 Å². The lowest BCUT2D eigenvalue weighted by molar-refractivity contribution is -0.149. The lowest BCUT2D eigenvalue weighted by Gasteiger charge is -2.37. The number of nitrogens with zero attached hydrogens (tertiary/aromatic N) is 5. The first kappa shape index (κ1) is 33.0.